The minimum Gasteiger partial charge on any atom is -0.497 e. The zero-order chi connectivity index (χ0) is 20.5. The number of nitrogens with one attached hydrogen (secondary N) is 2. The first-order valence-corrected chi connectivity index (χ1v) is 9.72. The number of nitrogens with zero attached hydrogens (tertiary/aromatic N) is 1. The molecule has 0 bridgehead atoms. The Morgan fingerprint density at radius 3 is 2.03 bits per heavy atom. The maximum absolute atomic E-state index is 5.32. The Morgan fingerprint density at radius 2 is 1.37 bits per heavy atom. The Morgan fingerprint density at radius 1 is 0.733 bits per heavy atom. The molecule has 0 atom stereocenters. The summed E-state index contributed by atoms with van der Waals surface area (Å²) in [5.74, 6) is 2.44. The molecule has 3 aromatic carbocycles. The number of benzene rings is 3. The average molecular weight is 395 g/mol. The molecular weight excluding hydrogens is 374 g/mol. The van der Waals surface area contributed by atoms with Gasteiger partial charge >= 0.3 is 0 Å². The number of aromatic amines is 2. The molecule has 0 radical (unpaired) electrons. The van der Waals surface area contributed by atoms with Crippen LogP contribution in [0.3, 0.4) is 0 Å². The number of ether oxygens (including phenoxy) is 2. The zero-order valence-electron chi connectivity index (χ0n) is 16.8. The van der Waals surface area contributed by atoms with Crippen LogP contribution in [0.25, 0.3) is 44.8 Å². The first kappa shape index (κ1) is 18.1. The molecule has 0 saturated carbocycles. The number of hydrogen-bond acceptors (Lipinski definition) is 3. The van der Waals surface area contributed by atoms with Gasteiger partial charge in [0.15, 0.2) is 0 Å². The highest BCUT2D eigenvalue weighted by molar-refractivity contribution is 5.98. The smallest absolute Gasteiger partial charge is 0.138 e. The quantitative estimate of drug-likeness (QED) is 0.389. The molecule has 5 nitrogen and oxygen atoms in total. The van der Waals surface area contributed by atoms with Crippen molar-refractivity contribution in [2.24, 2.45) is 0 Å². The highest BCUT2D eigenvalue weighted by Gasteiger charge is 2.18. The van der Waals surface area contributed by atoms with E-state index in [4.69, 9.17) is 14.5 Å². The summed E-state index contributed by atoms with van der Waals surface area (Å²) >= 11 is 0. The molecule has 0 aliphatic carbocycles. The van der Waals surface area contributed by atoms with Crippen molar-refractivity contribution in [1.82, 2.24) is 15.0 Å². The van der Waals surface area contributed by atoms with E-state index in [1.807, 2.05) is 66.9 Å². The van der Waals surface area contributed by atoms with Gasteiger partial charge in [0.2, 0.25) is 0 Å². The maximum Gasteiger partial charge on any atom is 0.138 e. The summed E-state index contributed by atoms with van der Waals surface area (Å²) in [4.78, 5) is 11.9. The van der Waals surface area contributed by atoms with E-state index in [0.29, 0.717) is 0 Å². The molecule has 0 aliphatic rings. The molecule has 5 aromatic rings. The highest BCUT2D eigenvalue weighted by Crippen LogP contribution is 2.37. The molecule has 2 aromatic heterocycles. The summed E-state index contributed by atoms with van der Waals surface area (Å²) in [6, 6.07) is 24.1. The van der Waals surface area contributed by atoms with Crippen molar-refractivity contribution in [3.63, 3.8) is 0 Å². The van der Waals surface area contributed by atoms with Gasteiger partial charge in [0.1, 0.15) is 17.3 Å². The van der Waals surface area contributed by atoms with Gasteiger partial charge in [-0.15, -0.1) is 0 Å². The van der Waals surface area contributed by atoms with E-state index in [0.717, 1.165) is 56.3 Å². The summed E-state index contributed by atoms with van der Waals surface area (Å²) in [5, 5.41) is 1.15. The first-order chi connectivity index (χ1) is 14.8. The van der Waals surface area contributed by atoms with Crippen molar-refractivity contribution in [3.8, 4) is 45.4 Å². The Labute approximate surface area is 174 Å². The van der Waals surface area contributed by atoms with Gasteiger partial charge in [-0.1, -0.05) is 18.2 Å². The zero-order valence-corrected chi connectivity index (χ0v) is 16.8. The van der Waals surface area contributed by atoms with Gasteiger partial charge in [0.25, 0.3) is 0 Å². The Kier molecular flexibility index (Phi) is 4.48. The third kappa shape index (κ3) is 3.10. The van der Waals surface area contributed by atoms with E-state index in [9.17, 15) is 0 Å². The van der Waals surface area contributed by atoms with Gasteiger partial charge in [0, 0.05) is 33.8 Å². The lowest BCUT2D eigenvalue weighted by Crippen LogP contribution is -1.85. The SMILES string of the molecule is COc1ccc(-c2nc(-c3ccc(OC)cc3)c(-c3c[nH]c4ccccc34)[nH]2)cc1. The van der Waals surface area contributed by atoms with E-state index in [1.54, 1.807) is 14.2 Å². The monoisotopic (exact) mass is 395 g/mol. The molecule has 30 heavy (non-hydrogen) atoms. The summed E-state index contributed by atoms with van der Waals surface area (Å²) in [6.07, 6.45) is 2.03. The van der Waals surface area contributed by atoms with Crippen LogP contribution < -0.4 is 9.47 Å². The molecule has 0 aliphatic heterocycles. The van der Waals surface area contributed by atoms with Crippen LogP contribution in [-0.4, -0.2) is 29.2 Å². The molecule has 0 saturated heterocycles. The molecule has 0 amide bonds. The fourth-order valence-corrected chi connectivity index (χ4v) is 3.69. The summed E-state index contributed by atoms with van der Waals surface area (Å²) in [6.45, 7) is 0. The van der Waals surface area contributed by atoms with Crippen LogP contribution in [0.1, 0.15) is 0 Å². The Balaban J connectivity index is 1.69. The van der Waals surface area contributed by atoms with Crippen molar-refractivity contribution < 1.29 is 9.47 Å². The van der Waals surface area contributed by atoms with E-state index < -0.39 is 0 Å². The minimum absolute atomic E-state index is 0.809. The minimum atomic E-state index is 0.809. The van der Waals surface area contributed by atoms with Crippen LogP contribution in [0.4, 0.5) is 0 Å². The van der Waals surface area contributed by atoms with Crippen LogP contribution in [-0.2, 0) is 0 Å². The van der Waals surface area contributed by atoms with Crippen LogP contribution in [0.15, 0.2) is 79.0 Å². The molecule has 5 heteroatoms. The second-order valence-electron chi connectivity index (χ2n) is 7.01. The van der Waals surface area contributed by atoms with Gasteiger partial charge in [0.05, 0.1) is 25.6 Å². The maximum atomic E-state index is 5.32. The second kappa shape index (κ2) is 7.44. The standard InChI is InChI=1S/C25H21N3O2/c1-29-18-11-7-16(8-12-18)23-24(21-15-26-22-6-4-3-5-20(21)22)28-25(27-23)17-9-13-19(30-2)14-10-17/h3-15,26H,1-2H3,(H,27,28). The van der Waals surface area contributed by atoms with Crippen LogP contribution >= 0.6 is 0 Å². The number of H-pyrrole nitrogens is 2. The lowest BCUT2D eigenvalue weighted by molar-refractivity contribution is 0.415. The van der Waals surface area contributed by atoms with Crippen LogP contribution in [0, 0.1) is 0 Å². The van der Waals surface area contributed by atoms with Gasteiger partial charge in [-0.25, -0.2) is 4.98 Å². The fraction of sp³-hybridized carbons (Fsp3) is 0.0800. The largest absolute Gasteiger partial charge is 0.497 e. The molecule has 2 heterocycles. The average Bonchev–Trinajstić information content (AvgIpc) is 3.43. The molecule has 5 rings (SSSR count). The molecule has 0 fully saturated rings. The van der Waals surface area contributed by atoms with E-state index in [-0.39, 0.29) is 0 Å². The predicted octanol–water partition coefficient (Wildman–Crippen LogP) is 5.91. The Bertz CT molecular complexity index is 1300. The summed E-state index contributed by atoms with van der Waals surface area (Å²) in [5.41, 5.74) is 6.07. The first-order valence-electron chi connectivity index (χ1n) is 9.72. The third-order valence-electron chi connectivity index (χ3n) is 5.29. The number of fused-ring (bicyclic) bond motifs is 1. The number of imidazole rings is 1. The number of rotatable bonds is 5. The van der Waals surface area contributed by atoms with Crippen molar-refractivity contribution in [2.75, 3.05) is 14.2 Å². The van der Waals surface area contributed by atoms with Crippen molar-refractivity contribution in [3.05, 3.63) is 79.0 Å². The van der Waals surface area contributed by atoms with Crippen LogP contribution in [0.2, 0.25) is 0 Å². The topological polar surface area (TPSA) is 62.9 Å². The summed E-state index contributed by atoms with van der Waals surface area (Å²) < 4.78 is 10.6. The van der Waals surface area contributed by atoms with Gasteiger partial charge < -0.3 is 19.4 Å². The molecule has 0 unspecified atom stereocenters. The van der Waals surface area contributed by atoms with Gasteiger partial charge in [-0.2, -0.15) is 0 Å². The number of hydrogen-bond donors (Lipinski definition) is 2. The fourth-order valence-electron chi connectivity index (χ4n) is 3.69. The molecular formula is C25H21N3O2. The van der Waals surface area contributed by atoms with E-state index in [2.05, 4.69) is 22.1 Å². The Hall–Kier alpha value is -3.99. The molecule has 2 N–H and O–H groups in total. The van der Waals surface area contributed by atoms with Crippen LogP contribution in [0.5, 0.6) is 11.5 Å². The predicted molar refractivity (Wildman–Crippen MR) is 120 cm³/mol. The van der Waals surface area contributed by atoms with Crippen molar-refractivity contribution >= 4 is 10.9 Å². The second-order valence-corrected chi connectivity index (χ2v) is 7.01. The molecule has 148 valence electrons. The van der Waals surface area contributed by atoms with Gasteiger partial charge in [-0.3, -0.25) is 0 Å². The van der Waals surface area contributed by atoms with E-state index >= 15 is 0 Å². The lowest BCUT2D eigenvalue weighted by atomic mass is 10.0. The van der Waals surface area contributed by atoms with Crippen molar-refractivity contribution in [1.29, 1.82) is 0 Å². The highest BCUT2D eigenvalue weighted by atomic mass is 16.5. The van der Waals surface area contributed by atoms with E-state index in [1.165, 1.54) is 0 Å². The normalized spacial score (nSPS) is 11.0. The number of methoxy groups -OCH3 is 2. The third-order valence-corrected chi connectivity index (χ3v) is 5.29. The number of aromatic nitrogens is 3. The lowest BCUT2D eigenvalue weighted by Gasteiger charge is -2.04. The number of para-hydroxylation sites is 1. The van der Waals surface area contributed by atoms with Gasteiger partial charge in [-0.05, 0) is 54.6 Å². The van der Waals surface area contributed by atoms with Crippen molar-refractivity contribution in [2.45, 2.75) is 0 Å². The molecule has 0 spiro atoms. The summed E-state index contributed by atoms with van der Waals surface area (Å²) in [7, 11) is 3.33.